The van der Waals surface area contributed by atoms with E-state index >= 15 is 0 Å². The molecular weight excluding hydrogens is 817 g/mol. The minimum atomic E-state index is 0.695. The first-order valence-electron chi connectivity index (χ1n) is 22.7. The van der Waals surface area contributed by atoms with Gasteiger partial charge in [-0.05, 0) is 59.7 Å². The molecule has 14 aromatic rings. The van der Waals surface area contributed by atoms with E-state index in [1.807, 2.05) is 18.2 Å². The molecule has 0 radical (unpaired) electrons. The lowest BCUT2D eigenvalue weighted by atomic mass is 9.95. The maximum atomic E-state index is 6.93. The Hall–Kier alpha value is -9.06. The summed E-state index contributed by atoms with van der Waals surface area (Å²) < 4.78 is 11.8. The average molecular weight is 855 g/mol. The third-order valence-electron chi connectivity index (χ3n) is 13.5. The monoisotopic (exact) mass is 854 g/mol. The summed E-state index contributed by atoms with van der Waals surface area (Å²) in [5, 5.41) is 8.04. The maximum Gasteiger partial charge on any atom is 0.160 e. The summed E-state index contributed by atoms with van der Waals surface area (Å²) in [7, 11) is 0. The molecule has 0 saturated carbocycles. The van der Waals surface area contributed by atoms with Crippen LogP contribution in [0.5, 0.6) is 0 Å². The summed E-state index contributed by atoms with van der Waals surface area (Å²) in [6.45, 7) is 0. The van der Waals surface area contributed by atoms with Crippen LogP contribution in [0.1, 0.15) is 0 Å². The molecule has 0 unspecified atom stereocenters. The summed E-state index contributed by atoms with van der Waals surface area (Å²) in [5.41, 5.74) is 16.9. The highest BCUT2D eigenvalue weighted by atomic mass is 16.3. The molecule has 0 aliphatic carbocycles. The van der Waals surface area contributed by atoms with E-state index in [0.717, 1.165) is 94.3 Å². The van der Waals surface area contributed by atoms with E-state index < -0.39 is 0 Å². The van der Waals surface area contributed by atoms with Crippen molar-refractivity contribution in [1.82, 2.24) is 19.1 Å². The van der Waals surface area contributed by atoms with E-state index in [-0.39, 0.29) is 0 Å². The van der Waals surface area contributed by atoms with Gasteiger partial charge in [-0.2, -0.15) is 0 Å². The Labute approximate surface area is 385 Å². The van der Waals surface area contributed by atoms with Gasteiger partial charge in [-0.15, -0.1) is 0 Å². The predicted octanol–water partition coefficient (Wildman–Crippen LogP) is 16.4. The van der Waals surface area contributed by atoms with Crippen molar-refractivity contribution in [3.63, 3.8) is 0 Å². The second-order valence-electron chi connectivity index (χ2n) is 17.2. The van der Waals surface area contributed by atoms with Gasteiger partial charge in [-0.1, -0.05) is 182 Å². The van der Waals surface area contributed by atoms with Gasteiger partial charge in [0.25, 0.3) is 0 Å². The van der Waals surface area contributed by atoms with Crippen LogP contribution in [0.3, 0.4) is 0 Å². The highest BCUT2D eigenvalue weighted by Gasteiger charge is 2.24. The minimum Gasteiger partial charge on any atom is -0.455 e. The Morgan fingerprint density at radius 2 is 0.940 bits per heavy atom. The van der Waals surface area contributed by atoms with Gasteiger partial charge in [0, 0.05) is 65.6 Å². The molecule has 10 aromatic carbocycles. The molecule has 4 aromatic heterocycles. The number of para-hydroxylation sites is 6. The second kappa shape index (κ2) is 14.7. The van der Waals surface area contributed by atoms with E-state index in [1.165, 1.54) is 32.6 Å². The standard InChI is InChI=1S/C62H38N4O/c1-3-17-40(18-4-1)59-48-22-7-10-29-51(48)63-62(64-59)41-37-35-39(36-38-41)43-24-13-28-50-57-45(25-15-34-56(57)67-61(43)50)47-27-14-26-46-44-21-8-11-30-52(44)66(60(46)47)55-33-16-32-54-58(55)49-23-9-12-31-53(49)65(54)42-19-5-2-6-20-42/h1-38H. The van der Waals surface area contributed by atoms with Gasteiger partial charge >= 0.3 is 0 Å². The van der Waals surface area contributed by atoms with Crippen molar-refractivity contribution in [2.45, 2.75) is 0 Å². The van der Waals surface area contributed by atoms with E-state index in [4.69, 9.17) is 14.4 Å². The maximum absolute atomic E-state index is 6.93. The summed E-state index contributed by atoms with van der Waals surface area (Å²) in [6.07, 6.45) is 0. The summed E-state index contributed by atoms with van der Waals surface area (Å²) in [5.74, 6) is 0.695. The van der Waals surface area contributed by atoms with Crippen LogP contribution < -0.4 is 0 Å². The number of benzene rings is 10. The van der Waals surface area contributed by atoms with E-state index in [1.54, 1.807) is 0 Å². The highest BCUT2D eigenvalue weighted by Crippen LogP contribution is 2.46. The smallest absolute Gasteiger partial charge is 0.160 e. The fourth-order valence-electron chi connectivity index (χ4n) is 10.6. The van der Waals surface area contributed by atoms with E-state index in [9.17, 15) is 0 Å². The molecular formula is C62H38N4O. The van der Waals surface area contributed by atoms with Crippen molar-refractivity contribution in [1.29, 1.82) is 0 Å². The first kappa shape index (κ1) is 37.3. The molecule has 0 atom stereocenters. The molecule has 0 N–H and O–H groups in total. The Morgan fingerprint density at radius 3 is 1.76 bits per heavy atom. The van der Waals surface area contributed by atoms with Gasteiger partial charge in [0.05, 0.1) is 39.0 Å². The van der Waals surface area contributed by atoms with Crippen molar-refractivity contribution in [2.24, 2.45) is 0 Å². The fraction of sp³-hybridized carbons (Fsp3) is 0. The molecule has 0 bridgehead atoms. The normalized spacial score (nSPS) is 11.9. The lowest BCUT2D eigenvalue weighted by molar-refractivity contribution is 0.670. The molecule has 14 rings (SSSR count). The Kier molecular flexibility index (Phi) is 8.21. The molecule has 5 heteroatoms. The van der Waals surface area contributed by atoms with Crippen molar-refractivity contribution < 1.29 is 4.42 Å². The molecule has 5 nitrogen and oxygen atoms in total. The van der Waals surface area contributed by atoms with E-state index in [0.29, 0.717) is 5.82 Å². The van der Waals surface area contributed by atoms with Crippen LogP contribution >= 0.6 is 0 Å². The van der Waals surface area contributed by atoms with Gasteiger partial charge < -0.3 is 13.6 Å². The predicted molar refractivity (Wildman–Crippen MR) is 277 cm³/mol. The van der Waals surface area contributed by atoms with Crippen LogP contribution in [0.15, 0.2) is 235 Å². The molecule has 0 fully saturated rings. The van der Waals surface area contributed by atoms with Crippen LogP contribution in [0.4, 0.5) is 0 Å². The van der Waals surface area contributed by atoms with Gasteiger partial charge in [-0.25, -0.2) is 9.97 Å². The largest absolute Gasteiger partial charge is 0.455 e. The molecule has 0 aliphatic rings. The lowest BCUT2D eigenvalue weighted by Gasteiger charge is -2.14. The number of hydrogen-bond donors (Lipinski definition) is 0. The fourth-order valence-corrected chi connectivity index (χ4v) is 10.6. The van der Waals surface area contributed by atoms with E-state index in [2.05, 4.69) is 221 Å². The first-order chi connectivity index (χ1) is 33.3. The zero-order valence-corrected chi connectivity index (χ0v) is 36.1. The number of aromatic nitrogens is 4. The Morgan fingerprint density at radius 1 is 0.343 bits per heavy atom. The minimum absolute atomic E-state index is 0.695. The van der Waals surface area contributed by atoms with Crippen LogP contribution in [0.25, 0.3) is 133 Å². The van der Waals surface area contributed by atoms with Crippen LogP contribution in [0.2, 0.25) is 0 Å². The third-order valence-corrected chi connectivity index (χ3v) is 13.5. The second-order valence-corrected chi connectivity index (χ2v) is 17.2. The zero-order chi connectivity index (χ0) is 44.0. The molecule has 0 spiro atoms. The van der Waals surface area contributed by atoms with Crippen LogP contribution in [-0.4, -0.2) is 19.1 Å². The summed E-state index contributed by atoms with van der Waals surface area (Å²) in [6, 6.07) is 81.9. The summed E-state index contributed by atoms with van der Waals surface area (Å²) >= 11 is 0. The average Bonchev–Trinajstić information content (AvgIpc) is 4.07. The molecule has 0 amide bonds. The molecule has 67 heavy (non-hydrogen) atoms. The molecule has 4 heterocycles. The van der Waals surface area contributed by atoms with Crippen LogP contribution in [0, 0.1) is 0 Å². The first-order valence-corrected chi connectivity index (χ1v) is 22.7. The number of rotatable bonds is 6. The van der Waals surface area contributed by atoms with Gasteiger partial charge in [0.15, 0.2) is 5.82 Å². The topological polar surface area (TPSA) is 48.8 Å². The van der Waals surface area contributed by atoms with Gasteiger partial charge in [-0.3, -0.25) is 0 Å². The molecule has 0 aliphatic heterocycles. The number of hydrogen-bond acceptors (Lipinski definition) is 3. The Bertz CT molecular complexity index is 4260. The van der Waals surface area contributed by atoms with Crippen molar-refractivity contribution in [2.75, 3.05) is 0 Å². The number of furan rings is 1. The van der Waals surface area contributed by atoms with Crippen molar-refractivity contribution >= 4 is 76.5 Å². The highest BCUT2D eigenvalue weighted by molar-refractivity contribution is 6.22. The van der Waals surface area contributed by atoms with Crippen molar-refractivity contribution in [3.05, 3.63) is 231 Å². The third kappa shape index (κ3) is 5.68. The SMILES string of the molecule is c1ccc(-c2nc(-c3ccc(-c4cccc5c4oc4cccc(-c6cccc7c8ccccc8n(-c8cccc9c8c8ccccc8n9-c8ccccc8)c67)c45)cc3)nc3ccccc23)cc1. The van der Waals surface area contributed by atoms with Gasteiger partial charge in [0.2, 0.25) is 0 Å². The van der Waals surface area contributed by atoms with Crippen molar-refractivity contribution in [3.8, 4) is 56.3 Å². The Balaban J connectivity index is 0.950. The summed E-state index contributed by atoms with van der Waals surface area (Å²) in [4.78, 5) is 10.2. The number of fused-ring (bicyclic) bond motifs is 10. The zero-order valence-electron chi connectivity index (χ0n) is 36.1. The lowest BCUT2D eigenvalue weighted by Crippen LogP contribution is -1.97. The molecule has 312 valence electrons. The molecule has 0 saturated heterocycles. The number of nitrogens with zero attached hydrogens (tertiary/aromatic N) is 4. The quantitative estimate of drug-likeness (QED) is 0.167. The van der Waals surface area contributed by atoms with Crippen LogP contribution in [-0.2, 0) is 0 Å². The van der Waals surface area contributed by atoms with Gasteiger partial charge in [0.1, 0.15) is 11.2 Å².